The molecule has 0 atom stereocenters. The van der Waals surface area contributed by atoms with E-state index in [-0.39, 0.29) is 0 Å². The Morgan fingerprint density at radius 3 is 2.64 bits per heavy atom. The summed E-state index contributed by atoms with van der Waals surface area (Å²) in [5, 5.41) is 4.43. The largest absolute Gasteiger partial charge is 0.457 e. The van der Waals surface area contributed by atoms with Crippen molar-refractivity contribution in [2.75, 3.05) is 5.73 Å². The third-order valence-electron chi connectivity index (χ3n) is 5.38. The van der Waals surface area contributed by atoms with E-state index in [0.717, 1.165) is 52.5 Å². The van der Waals surface area contributed by atoms with Crippen molar-refractivity contribution in [3.05, 3.63) is 66.2 Å². The second-order valence-electron chi connectivity index (χ2n) is 7.25. The minimum absolute atomic E-state index is 0.442. The lowest BCUT2D eigenvalue weighted by Crippen LogP contribution is -2.14. The van der Waals surface area contributed by atoms with Crippen LogP contribution < -0.4 is 10.5 Å². The van der Waals surface area contributed by atoms with Gasteiger partial charge in [0.05, 0.1) is 0 Å². The molecule has 1 aliphatic carbocycles. The fourth-order valence-corrected chi connectivity index (χ4v) is 3.64. The number of para-hydroxylation sites is 1. The molecule has 0 radical (unpaired) electrons. The fraction of sp³-hybridized carbons (Fsp3) is 0.227. The van der Waals surface area contributed by atoms with Crippen molar-refractivity contribution in [2.45, 2.75) is 32.1 Å². The van der Waals surface area contributed by atoms with Gasteiger partial charge in [0.2, 0.25) is 0 Å². The second-order valence-corrected chi connectivity index (χ2v) is 7.25. The van der Waals surface area contributed by atoms with E-state index < -0.39 is 0 Å². The number of ether oxygens (including phenoxy) is 1. The highest BCUT2D eigenvalue weighted by molar-refractivity contribution is 5.85. The van der Waals surface area contributed by atoms with Crippen molar-refractivity contribution in [3.8, 4) is 22.8 Å². The molecule has 6 heteroatoms. The van der Waals surface area contributed by atoms with Crippen LogP contribution in [0.25, 0.3) is 16.8 Å². The number of nitrogens with zero attached hydrogens (tertiary/aromatic N) is 4. The molecule has 2 heterocycles. The number of hydrogen-bond donors (Lipinski definition) is 1. The highest BCUT2D eigenvalue weighted by Crippen LogP contribution is 2.39. The SMILES string of the molecule is Cc1cc(-c2nc(C3CCC3)n3ncnc(N)c23)ccc1Oc1ccccc1. The summed E-state index contributed by atoms with van der Waals surface area (Å²) in [5.74, 6) is 3.51. The molecule has 2 N–H and O–H groups in total. The van der Waals surface area contributed by atoms with Gasteiger partial charge in [-0.3, -0.25) is 0 Å². The number of imidazole rings is 1. The van der Waals surface area contributed by atoms with E-state index in [1.165, 1.54) is 12.7 Å². The predicted octanol–water partition coefficient (Wildman–Crippen LogP) is 4.74. The lowest BCUT2D eigenvalue weighted by atomic mass is 9.85. The molecule has 0 amide bonds. The molecule has 0 spiro atoms. The van der Waals surface area contributed by atoms with Crippen LogP contribution in [-0.4, -0.2) is 19.6 Å². The first-order chi connectivity index (χ1) is 13.7. The molecule has 140 valence electrons. The summed E-state index contributed by atoms with van der Waals surface area (Å²) in [6.45, 7) is 2.03. The molecular formula is C22H21N5O. The molecule has 6 nitrogen and oxygen atoms in total. The second kappa shape index (κ2) is 6.64. The average Bonchev–Trinajstić information content (AvgIpc) is 3.04. The summed E-state index contributed by atoms with van der Waals surface area (Å²) < 4.78 is 7.87. The number of benzene rings is 2. The van der Waals surface area contributed by atoms with Gasteiger partial charge in [-0.1, -0.05) is 24.6 Å². The zero-order valence-electron chi connectivity index (χ0n) is 15.7. The molecule has 1 saturated carbocycles. The number of fused-ring (bicyclic) bond motifs is 1. The number of aryl methyl sites for hydroxylation is 1. The zero-order chi connectivity index (χ0) is 19.1. The van der Waals surface area contributed by atoms with Gasteiger partial charge in [0.1, 0.15) is 34.9 Å². The van der Waals surface area contributed by atoms with Gasteiger partial charge in [-0.25, -0.2) is 14.5 Å². The van der Waals surface area contributed by atoms with Gasteiger partial charge in [0.15, 0.2) is 5.82 Å². The first-order valence-electron chi connectivity index (χ1n) is 9.54. The minimum atomic E-state index is 0.442. The first-order valence-corrected chi connectivity index (χ1v) is 9.54. The highest BCUT2D eigenvalue weighted by Gasteiger charge is 2.27. The molecule has 2 aromatic carbocycles. The summed E-state index contributed by atoms with van der Waals surface area (Å²) in [5.41, 5.74) is 9.83. The van der Waals surface area contributed by atoms with Gasteiger partial charge in [-0.2, -0.15) is 5.10 Å². The van der Waals surface area contributed by atoms with Crippen molar-refractivity contribution < 1.29 is 4.74 Å². The Morgan fingerprint density at radius 2 is 1.93 bits per heavy atom. The average molecular weight is 371 g/mol. The van der Waals surface area contributed by atoms with Crippen LogP contribution in [0.1, 0.15) is 36.6 Å². The van der Waals surface area contributed by atoms with Crippen molar-refractivity contribution in [1.29, 1.82) is 0 Å². The van der Waals surface area contributed by atoms with Gasteiger partial charge in [-0.15, -0.1) is 0 Å². The Morgan fingerprint density at radius 1 is 1.11 bits per heavy atom. The van der Waals surface area contributed by atoms with E-state index in [1.54, 1.807) is 0 Å². The number of rotatable bonds is 4. The maximum absolute atomic E-state index is 6.20. The van der Waals surface area contributed by atoms with Crippen LogP contribution >= 0.6 is 0 Å². The Hall–Kier alpha value is -3.41. The number of hydrogen-bond acceptors (Lipinski definition) is 5. The first kappa shape index (κ1) is 16.7. The summed E-state index contributed by atoms with van der Waals surface area (Å²) in [4.78, 5) is 9.12. The van der Waals surface area contributed by atoms with E-state index in [2.05, 4.69) is 16.1 Å². The molecular weight excluding hydrogens is 350 g/mol. The van der Waals surface area contributed by atoms with Crippen molar-refractivity contribution in [2.24, 2.45) is 0 Å². The maximum Gasteiger partial charge on any atom is 0.153 e. The maximum atomic E-state index is 6.20. The van der Waals surface area contributed by atoms with Crippen molar-refractivity contribution in [1.82, 2.24) is 19.6 Å². The number of anilines is 1. The van der Waals surface area contributed by atoms with Crippen LogP contribution in [0.2, 0.25) is 0 Å². The lowest BCUT2D eigenvalue weighted by molar-refractivity contribution is 0.396. The molecule has 0 saturated heterocycles. The number of aromatic nitrogens is 4. The third kappa shape index (κ3) is 2.78. The topological polar surface area (TPSA) is 78.3 Å². The normalized spacial score (nSPS) is 14.2. The molecule has 0 bridgehead atoms. The molecule has 1 fully saturated rings. The Labute approximate surface area is 163 Å². The highest BCUT2D eigenvalue weighted by atomic mass is 16.5. The van der Waals surface area contributed by atoms with E-state index in [0.29, 0.717) is 11.7 Å². The van der Waals surface area contributed by atoms with Crippen molar-refractivity contribution in [3.63, 3.8) is 0 Å². The molecule has 5 rings (SSSR count). The van der Waals surface area contributed by atoms with Crippen LogP contribution in [-0.2, 0) is 0 Å². The summed E-state index contributed by atoms with van der Waals surface area (Å²) in [6, 6.07) is 15.9. The Kier molecular flexibility index (Phi) is 3.97. The van der Waals surface area contributed by atoms with Crippen LogP contribution in [0.15, 0.2) is 54.9 Å². The molecule has 28 heavy (non-hydrogen) atoms. The minimum Gasteiger partial charge on any atom is -0.457 e. The van der Waals surface area contributed by atoms with Gasteiger partial charge >= 0.3 is 0 Å². The quantitative estimate of drug-likeness (QED) is 0.560. The van der Waals surface area contributed by atoms with Crippen molar-refractivity contribution >= 4 is 11.3 Å². The number of nitrogen functional groups attached to an aromatic ring is 1. The third-order valence-corrected chi connectivity index (χ3v) is 5.38. The predicted molar refractivity (Wildman–Crippen MR) is 108 cm³/mol. The molecule has 1 aliphatic rings. The van der Waals surface area contributed by atoms with Gasteiger partial charge < -0.3 is 10.5 Å². The van der Waals surface area contributed by atoms with Crippen LogP contribution in [0.5, 0.6) is 11.5 Å². The monoisotopic (exact) mass is 371 g/mol. The Bertz CT molecular complexity index is 1150. The van der Waals surface area contributed by atoms with E-state index in [4.69, 9.17) is 15.5 Å². The molecule has 0 aliphatic heterocycles. The molecule has 2 aromatic heterocycles. The molecule has 0 unspecified atom stereocenters. The van der Waals surface area contributed by atoms with E-state index in [9.17, 15) is 0 Å². The van der Waals surface area contributed by atoms with Crippen LogP contribution in [0.3, 0.4) is 0 Å². The zero-order valence-corrected chi connectivity index (χ0v) is 15.7. The summed E-state index contributed by atoms with van der Waals surface area (Å²) >= 11 is 0. The van der Waals surface area contributed by atoms with Gasteiger partial charge in [0, 0.05) is 11.5 Å². The fourth-order valence-electron chi connectivity index (χ4n) is 3.64. The van der Waals surface area contributed by atoms with E-state index in [1.807, 2.05) is 53.9 Å². The number of nitrogens with two attached hydrogens (primary N) is 1. The summed E-state index contributed by atoms with van der Waals surface area (Å²) in [7, 11) is 0. The summed E-state index contributed by atoms with van der Waals surface area (Å²) in [6.07, 6.45) is 5.02. The Balaban J connectivity index is 1.58. The molecule has 4 aromatic rings. The van der Waals surface area contributed by atoms with Crippen LogP contribution in [0, 0.1) is 6.92 Å². The van der Waals surface area contributed by atoms with Crippen LogP contribution in [0.4, 0.5) is 5.82 Å². The van der Waals surface area contributed by atoms with Gasteiger partial charge in [-0.05, 0) is 55.7 Å². The lowest BCUT2D eigenvalue weighted by Gasteiger charge is -2.23. The standard InChI is InChI=1S/C22H21N5O/c1-14-12-16(10-11-18(14)28-17-8-3-2-4-9-17)19-20-21(23)24-13-25-27(20)22(26-19)15-6-5-7-15/h2-4,8-13,15H,5-7H2,1H3,(H2,23,24,25). The van der Waals surface area contributed by atoms with Gasteiger partial charge in [0.25, 0.3) is 0 Å². The smallest absolute Gasteiger partial charge is 0.153 e. The van der Waals surface area contributed by atoms with E-state index >= 15 is 0 Å².